The van der Waals surface area contributed by atoms with Crippen molar-refractivity contribution in [1.82, 2.24) is 9.78 Å². The van der Waals surface area contributed by atoms with E-state index < -0.39 is 0 Å². The molecule has 1 N–H and O–H groups in total. The summed E-state index contributed by atoms with van der Waals surface area (Å²) in [5, 5.41) is 16.9. The van der Waals surface area contributed by atoms with Gasteiger partial charge in [-0.05, 0) is 18.2 Å². The Bertz CT molecular complexity index is 568. The Morgan fingerprint density at radius 2 is 2.29 bits per heavy atom. The van der Waals surface area contributed by atoms with Crippen LogP contribution in [0.1, 0.15) is 11.3 Å². The summed E-state index contributed by atoms with van der Waals surface area (Å²) < 4.78 is 1.74. The van der Waals surface area contributed by atoms with Gasteiger partial charge in [-0.15, -0.1) is 0 Å². The van der Waals surface area contributed by atoms with Crippen LogP contribution in [0.25, 0.3) is 0 Å². The second-order valence-electron chi connectivity index (χ2n) is 3.61. The summed E-state index contributed by atoms with van der Waals surface area (Å²) in [6.07, 6.45) is 1.88. The van der Waals surface area contributed by atoms with E-state index in [0.717, 1.165) is 11.4 Å². The molecule has 1 heterocycles. The van der Waals surface area contributed by atoms with Gasteiger partial charge in [0.2, 0.25) is 0 Å². The van der Waals surface area contributed by atoms with Gasteiger partial charge >= 0.3 is 0 Å². The van der Waals surface area contributed by atoms with Crippen LogP contribution in [0.3, 0.4) is 0 Å². The van der Waals surface area contributed by atoms with Crippen LogP contribution in [0.15, 0.2) is 30.5 Å². The third-order valence-corrected chi connectivity index (χ3v) is 2.67. The Balaban J connectivity index is 2.14. The Morgan fingerprint density at radius 3 is 2.94 bits per heavy atom. The van der Waals surface area contributed by atoms with E-state index in [1.54, 1.807) is 10.7 Å². The zero-order chi connectivity index (χ0) is 12.3. The summed E-state index contributed by atoms with van der Waals surface area (Å²) in [4.78, 5) is 0. The first-order chi connectivity index (χ1) is 8.20. The molecule has 0 radical (unpaired) electrons. The summed E-state index contributed by atoms with van der Waals surface area (Å²) >= 11 is 5.93. The fourth-order valence-corrected chi connectivity index (χ4v) is 1.75. The molecule has 2 rings (SSSR count). The Kier molecular flexibility index (Phi) is 3.31. The van der Waals surface area contributed by atoms with Gasteiger partial charge in [-0.1, -0.05) is 17.7 Å². The van der Waals surface area contributed by atoms with Crippen LogP contribution in [0.2, 0.25) is 5.02 Å². The first-order valence-corrected chi connectivity index (χ1v) is 5.49. The summed E-state index contributed by atoms with van der Waals surface area (Å²) in [7, 11) is 1.86. The van der Waals surface area contributed by atoms with Gasteiger partial charge in [0, 0.05) is 13.2 Å². The number of nitriles is 1. The second kappa shape index (κ2) is 4.89. The van der Waals surface area contributed by atoms with Gasteiger partial charge in [0.05, 0.1) is 28.5 Å². The highest BCUT2D eigenvalue weighted by atomic mass is 35.5. The highest BCUT2D eigenvalue weighted by molar-refractivity contribution is 6.32. The largest absolute Gasteiger partial charge is 0.378 e. The minimum atomic E-state index is 0.457. The van der Waals surface area contributed by atoms with Gasteiger partial charge < -0.3 is 5.32 Å². The van der Waals surface area contributed by atoms with Crippen molar-refractivity contribution in [3.05, 3.63) is 46.7 Å². The molecule has 0 bridgehead atoms. The third-order valence-electron chi connectivity index (χ3n) is 2.35. The Morgan fingerprint density at radius 1 is 1.47 bits per heavy atom. The Labute approximate surface area is 104 Å². The fourth-order valence-electron chi connectivity index (χ4n) is 1.53. The smallest absolute Gasteiger partial charge is 0.103 e. The van der Waals surface area contributed by atoms with Crippen molar-refractivity contribution >= 4 is 17.3 Å². The topological polar surface area (TPSA) is 53.6 Å². The van der Waals surface area contributed by atoms with E-state index >= 15 is 0 Å². The van der Waals surface area contributed by atoms with E-state index in [1.165, 1.54) is 0 Å². The summed E-state index contributed by atoms with van der Waals surface area (Å²) in [6.45, 7) is 0.565. The Hall–Kier alpha value is -1.99. The van der Waals surface area contributed by atoms with Gasteiger partial charge in [0.25, 0.3) is 0 Å². The lowest BCUT2D eigenvalue weighted by Gasteiger charge is -2.07. The molecule has 0 atom stereocenters. The number of aryl methyl sites for hydroxylation is 1. The predicted octanol–water partition coefficient (Wildman–Crippen LogP) is 2.56. The quantitative estimate of drug-likeness (QED) is 0.906. The number of nitrogens with zero attached hydrogens (tertiary/aromatic N) is 3. The second-order valence-corrected chi connectivity index (χ2v) is 4.02. The number of benzene rings is 1. The van der Waals surface area contributed by atoms with Crippen LogP contribution in [0.4, 0.5) is 5.69 Å². The van der Waals surface area contributed by atoms with Crippen LogP contribution in [-0.4, -0.2) is 9.78 Å². The number of rotatable bonds is 3. The number of halogens is 1. The number of hydrogen-bond acceptors (Lipinski definition) is 3. The molecule has 1 aromatic heterocycles. The van der Waals surface area contributed by atoms with Crippen molar-refractivity contribution in [2.24, 2.45) is 7.05 Å². The molecule has 5 heteroatoms. The lowest BCUT2D eigenvalue weighted by molar-refractivity contribution is 0.747. The minimum Gasteiger partial charge on any atom is -0.378 e. The normalized spacial score (nSPS) is 9.94. The van der Waals surface area contributed by atoms with Gasteiger partial charge in [-0.3, -0.25) is 4.68 Å². The van der Waals surface area contributed by atoms with Crippen LogP contribution >= 0.6 is 11.6 Å². The lowest BCUT2D eigenvalue weighted by atomic mass is 10.2. The highest BCUT2D eigenvalue weighted by Gasteiger charge is 2.06. The van der Waals surface area contributed by atoms with E-state index in [2.05, 4.69) is 16.5 Å². The maximum Gasteiger partial charge on any atom is 0.103 e. The number of hydrogen-bond donors (Lipinski definition) is 1. The van der Waals surface area contributed by atoms with Crippen molar-refractivity contribution in [3.63, 3.8) is 0 Å². The fraction of sp³-hybridized carbons (Fsp3) is 0.167. The molecule has 0 amide bonds. The predicted molar refractivity (Wildman–Crippen MR) is 66.7 cm³/mol. The van der Waals surface area contributed by atoms with Crippen molar-refractivity contribution in [3.8, 4) is 6.07 Å². The van der Waals surface area contributed by atoms with Gasteiger partial charge in [0.15, 0.2) is 0 Å². The summed E-state index contributed by atoms with van der Waals surface area (Å²) in [5.41, 5.74) is 2.10. The van der Waals surface area contributed by atoms with Gasteiger partial charge in [-0.25, -0.2) is 0 Å². The molecule has 4 nitrogen and oxygen atoms in total. The minimum absolute atomic E-state index is 0.457. The number of aromatic nitrogens is 2. The van der Waals surface area contributed by atoms with E-state index in [4.69, 9.17) is 16.9 Å². The average Bonchev–Trinajstić information content (AvgIpc) is 2.72. The molecule has 2 aromatic rings. The van der Waals surface area contributed by atoms with Crippen LogP contribution in [0.5, 0.6) is 0 Å². The van der Waals surface area contributed by atoms with Crippen molar-refractivity contribution in [2.75, 3.05) is 5.32 Å². The maximum absolute atomic E-state index is 9.01. The van der Waals surface area contributed by atoms with Crippen molar-refractivity contribution < 1.29 is 0 Å². The monoisotopic (exact) mass is 246 g/mol. The molecule has 86 valence electrons. The summed E-state index contributed by atoms with van der Waals surface area (Å²) in [6, 6.07) is 9.34. The zero-order valence-corrected chi connectivity index (χ0v) is 10.1. The van der Waals surface area contributed by atoms with Crippen LogP contribution in [0, 0.1) is 11.3 Å². The van der Waals surface area contributed by atoms with Crippen molar-refractivity contribution in [1.29, 1.82) is 5.26 Å². The first-order valence-electron chi connectivity index (χ1n) is 5.11. The molecule has 0 saturated carbocycles. The molecule has 0 aliphatic heterocycles. The van der Waals surface area contributed by atoms with E-state index in [9.17, 15) is 0 Å². The standard InChI is InChI=1S/C12H11ClN4/c1-17-6-5-9(16-17)8-15-12-4-2-3-11(13)10(12)7-14/h2-6,15H,8H2,1H3. The molecule has 1 aromatic carbocycles. The maximum atomic E-state index is 9.01. The first kappa shape index (κ1) is 11.5. The molecule has 0 aliphatic rings. The van der Waals surface area contributed by atoms with Crippen LogP contribution in [-0.2, 0) is 13.6 Å². The van der Waals surface area contributed by atoms with E-state index in [-0.39, 0.29) is 0 Å². The number of nitrogens with one attached hydrogen (secondary N) is 1. The van der Waals surface area contributed by atoms with Gasteiger partial charge in [0.1, 0.15) is 6.07 Å². The SMILES string of the molecule is Cn1ccc(CNc2cccc(Cl)c2C#N)n1. The van der Waals surface area contributed by atoms with E-state index in [1.807, 2.05) is 31.4 Å². The van der Waals surface area contributed by atoms with Gasteiger partial charge in [-0.2, -0.15) is 10.4 Å². The van der Waals surface area contributed by atoms with E-state index in [0.29, 0.717) is 17.1 Å². The molecule has 0 spiro atoms. The molecule has 0 fully saturated rings. The average molecular weight is 247 g/mol. The molecule has 0 unspecified atom stereocenters. The van der Waals surface area contributed by atoms with Crippen molar-refractivity contribution in [2.45, 2.75) is 6.54 Å². The molecule has 17 heavy (non-hydrogen) atoms. The summed E-state index contributed by atoms with van der Waals surface area (Å²) in [5.74, 6) is 0. The lowest BCUT2D eigenvalue weighted by Crippen LogP contribution is -2.02. The number of anilines is 1. The molecular formula is C12H11ClN4. The molecular weight excluding hydrogens is 236 g/mol. The zero-order valence-electron chi connectivity index (χ0n) is 9.31. The third kappa shape index (κ3) is 2.58. The molecule has 0 saturated heterocycles. The highest BCUT2D eigenvalue weighted by Crippen LogP contribution is 2.23. The molecule has 0 aliphatic carbocycles. The van der Waals surface area contributed by atoms with Crippen LogP contribution < -0.4 is 5.32 Å².